The van der Waals surface area contributed by atoms with Crippen molar-refractivity contribution >= 4 is 0 Å². The van der Waals surface area contributed by atoms with Crippen LogP contribution in [0.2, 0.25) is 0 Å². The lowest BCUT2D eigenvalue weighted by Gasteiger charge is -2.07. The minimum absolute atomic E-state index is 0.594. The summed E-state index contributed by atoms with van der Waals surface area (Å²) in [4.78, 5) is 0. The van der Waals surface area contributed by atoms with Gasteiger partial charge in [-0.3, -0.25) is 0 Å². The Hall–Kier alpha value is -0.0400. The maximum Gasteiger partial charge on any atom is 0.00793 e. The maximum absolute atomic E-state index is 3.61. The van der Waals surface area contributed by atoms with E-state index in [1.807, 2.05) is 0 Å². The van der Waals surface area contributed by atoms with Gasteiger partial charge in [0.2, 0.25) is 0 Å². The molecule has 0 fully saturated rings. The number of hydrogen-bond acceptors (Lipinski definition) is 1. The van der Waals surface area contributed by atoms with E-state index in [9.17, 15) is 0 Å². The van der Waals surface area contributed by atoms with Gasteiger partial charge in [0.05, 0.1) is 0 Å². The summed E-state index contributed by atoms with van der Waals surface area (Å²) in [6.07, 6.45) is 5.26. The van der Waals surface area contributed by atoms with E-state index in [-0.39, 0.29) is 0 Å². The maximum atomic E-state index is 3.61. The molecule has 1 radical (unpaired) electrons. The molecule has 0 rings (SSSR count). The summed E-state index contributed by atoms with van der Waals surface area (Å²) in [6, 6.07) is 0.594. The Morgan fingerprint density at radius 2 is 2.11 bits per heavy atom. The fourth-order valence-corrected chi connectivity index (χ4v) is 0.803. The molecule has 1 unspecified atom stereocenters. The van der Waals surface area contributed by atoms with Crippen LogP contribution in [-0.4, -0.2) is 6.04 Å². The van der Waals surface area contributed by atoms with Crippen LogP contribution in [0.4, 0.5) is 0 Å². The predicted octanol–water partition coefficient (Wildman–Crippen LogP) is 2.34. The Morgan fingerprint density at radius 3 is 2.56 bits per heavy atom. The van der Waals surface area contributed by atoms with Crippen molar-refractivity contribution in [1.29, 1.82) is 0 Å². The van der Waals surface area contributed by atoms with Gasteiger partial charge in [0.1, 0.15) is 0 Å². The van der Waals surface area contributed by atoms with Crippen LogP contribution in [0.1, 0.15) is 39.5 Å². The van der Waals surface area contributed by atoms with Crippen LogP contribution in [0.5, 0.6) is 0 Å². The highest BCUT2D eigenvalue weighted by Gasteiger charge is 1.94. The van der Waals surface area contributed by atoms with Crippen molar-refractivity contribution in [3.8, 4) is 0 Å². The van der Waals surface area contributed by atoms with Crippen molar-refractivity contribution in [3.63, 3.8) is 0 Å². The van der Waals surface area contributed by atoms with E-state index < -0.39 is 0 Å². The Labute approximate surface area is 58.8 Å². The highest BCUT2D eigenvalue weighted by atomic mass is 14.8. The average molecular weight is 128 g/mol. The van der Waals surface area contributed by atoms with Crippen LogP contribution in [-0.2, 0) is 0 Å². The second-order valence-corrected chi connectivity index (χ2v) is 2.60. The fourth-order valence-electron chi connectivity index (χ4n) is 0.803. The van der Waals surface area contributed by atoms with E-state index in [1.54, 1.807) is 0 Å². The van der Waals surface area contributed by atoms with Gasteiger partial charge in [-0.1, -0.05) is 26.2 Å². The molecule has 1 N–H and O–H groups in total. The van der Waals surface area contributed by atoms with Crippen LogP contribution in [0.25, 0.3) is 0 Å². The van der Waals surface area contributed by atoms with Crippen LogP contribution < -0.4 is 5.32 Å². The second-order valence-electron chi connectivity index (χ2n) is 2.60. The van der Waals surface area contributed by atoms with E-state index in [0.717, 1.165) is 0 Å². The first-order chi connectivity index (χ1) is 4.31. The van der Waals surface area contributed by atoms with E-state index in [4.69, 9.17) is 0 Å². The third kappa shape index (κ3) is 5.84. The van der Waals surface area contributed by atoms with Gasteiger partial charge in [-0.15, -0.1) is 0 Å². The number of nitrogens with one attached hydrogen (secondary N) is 1. The van der Waals surface area contributed by atoms with Gasteiger partial charge in [-0.05, 0) is 13.3 Å². The molecule has 0 aromatic carbocycles. The molecule has 1 atom stereocenters. The summed E-state index contributed by atoms with van der Waals surface area (Å²) >= 11 is 0. The van der Waals surface area contributed by atoms with Crippen LogP contribution in [0.3, 0.4) is 0 Å². The highest BCUT2D eigenvalue weighted by Crippen LogP contribution is 2.01. The molecule has 0 amide bonds. The summed E-state index contributed by atoms with van der Waals surface area (Å²) in [7, 11) is 3.61. The zero-order valence-corrected chi connectivity index (χ0v) is 6.61. The molecule has 9 heavy (non-hydrogen) atoms. The molecule has 1 nitrogen and oxygen atoms in total. The molecule has 0 saturated carbocycles. The average Bonchev–Trinajstić information content (AvgIpc) is 1.89. The third-order valence-electron chi connectivity index (χ3n) is 1.59. The van der Waals surface area contributed by atoms with E-state index in [2.05, 4.69) is 26.2 Å². The van der Waals surface area contributed by atoms with Gasteiger partial charge >= 0.3 is 0 Å². The molecular formula is C8H18N. The number of unbranched alkanes of at least 4 members (excludes halogenated alkanes) is 2. The molecule has 0 aromatic rings. The Morgan fingerprint density at radius 1 is 1.44 bits per heavy atom. The number of rotatable bonds is 5. The minimum atomic E-state index is 0.594. The molecule has 0 bridgehead atoms. The lowest BCUT2D eigenvalue weighted by molar-refractivity contribution is 0.539. The third-order valence-corrected chi connectivity index (χ3v) is 1.59. The van der Waals surface area contributed by atoms with E-state index in [0.29, 0.717) is 6.04 Å². The minimum Gasteiger partial charge on any atom is -0.313 e. The topological polar surface area (TPSA) is 12.0 Å². The molecule has 1 heteroatoms. The molecule has 0 saturated heterocycles. The second kappa shape index (κ2) is 6.09. The lowest BCUT2D eigenvalue weighted by Crippen LogP contribution is -2.18. The molecule has 0 aromatic heterocycles. The van der Waals surface area contributed by atoms with Crippen molar-refractivity contribution in [2.75, 3.05) is 0 Å². The Bertz CT molecular complexity index is 52.5. The molecule has 0 aliphatic carbocycles. The van der Waals surface area contributed by atoms with Crippen LogP contribution in [0.15, 0.2) is 0 Å². The predicted molar refractivity (Wildman–Crippen MR) is 42.1 cm³/mol. The van der Waals surface area contributed by atoms with Crippen molar-refractivity contribution in [1.82, 2.24) is 5.32 Å². The number of hydrogen-bond donors (Lipinski definition) is 1. The van der Waals surface area contributed by atoms with Gasteiger partial charge in [0.15, 0.2) is 0 Å². The first-order valence-corrected chi connectivity index (χ1v) is 3.83. The normalized spacial score (nSPS) is 13.7. The van der Waals surface area contributed by atoms with E-state index in [1.165, 1.54) is 25.7 Å². The molecule has 0 aliphatic rings. The zero-order chi connectivity index (χ0) is 7.11. The summed E-state index contributed by atoms with van der Waals surface area (Å²) < 4.78 is 0. The smallest absolute Gasteiger partial charge is 0.00793 e. The van der Waals surface area contributed by atoms with Gasteiger partial charge in [-0.2, -0.15) is 0 Å². The largest absolute Gasteiger partial charge is 0.313 e. The standard InChI is InChI=1S/C8H18N/c1-4-5-6-7-8(2)9-3/h8-9H,3-7H2,1-2H3. The van der Waals surface area contributed by atoms with Crippen LogP contribution in [0, 0.1) is 7.05 Å². The van der Waals surface area contributed by atoms with Crippen molar-refractivity contribution in [2.24, 2.45) is 0 Å². The Balaban J connectivity index is 2.88. The highest BCUT2D eigenvalue weighted by molar-refractivity contribution is 4.57. The fraction of sp³-hybridized carbons (Fsp3) is 0.875. The monoisotopic (exact) mass is 128 g/mol. The molecular weight excluding hydrogens is 110 g/mol. The zero-order valence-electron chi connectivity index (χ0n) is 6.61. The summed E-state index contributed by atoms with van der Waals surface area (Å²) in [5.74, 6) is 0. The van der Waals surface area contributed by atoms with Crippen molar-refractivity contribution in [2.45, 2.75) is 45.6 Å². The summed E-state index contributed by atoms with van der Waals surface area (Å²) in [5.41, 5.74) is 0. The molecule has 0 spiro atoms. The summed E-state index contributed by atoms with van der Waals surface area (Å²) in [5, 5.41) is 2.97. The van der Waals surface area contributed by atoms with Crippen LogP contribution >= 0.6 is 0 Å². The lowest BCUT2D eigenvalue weighted by atomic mass is 10.1. The first-order valence-electron chi connectivity index (χ1n) is 3.83. The van der Waals surface area contributed by atoms with Gasteiger partial charge < -0.3 is 5.32 Å². The summed E-state index contributed by atoms with van der Waals surface area (Å²) in [6.45, 7) is 4.39. The first kappa shape index (κ1) is 8.96. The van der Waals surface area contributed by atoms with Gasteiger partial charge in [-0.25, -0.2) is 0 Å². The van der Waals surface area contributed by atoms with E-state index >= 15 is 0 Å². The molecule has 0 aliphatic heterocycles. The quantitative estimate of drug-likeness (QED) is 0.560. The molecule has 0 heterocycles. The Kier molecular flexibility index (Phi) is 6.06. The van der Waals surface area contributed by atoms with Crippen molar-refractivity contribution in [3.05, 3.63) is 7.05 Å². The SMILES string of the molecule is [CH2]NC(C)CCCCC. The molecule has 55 valence electrons. The van der Waals surface area contributed by atoms with Crippen molar-refractivity contribution < 1.29 is 0 Å². The van der Waals surface area contributed by atoms with Gasteiger partial charge in [0.25, 0.3) is 0 Å². The van der Waals surface area contributed by atoms with Gasteiger partial charge in [0, 0.05) is 13.1 Å².